The normalized spacial score (nSPS) is 11.3. The molecule has 1 aromatic carbocycles. The fourth-order valence-electron chi connectivity index (χ4n) is 2.78. The number of rotatable bonds is 5. The molecule has 0 radical (unpaired) electrons. The first-order valence-corrected chi connectivity index (χ1v) is 8.62. The van der Waals surface area contributed by atoms with Crippen LogP contribution in [-0.4, -0.2) is 40.9 Å². The number of aromatic nitrogens is 2. The van der Waals surface area contributed by atoms with E-state index in [0.717, 1.165) is 47.4 Å². The summed E-state index contributed by atoms with van der Waals surface area (Å²) in [5, 5.41) is 4.14. The molecular weight excluding hydrogens is 461 g/mol. The molecule has 3 rings (SSSR count). The Bertz CT molecular complexity index is 844. The van der Waals surface area contributed by atoms with Gasteiger partial charge in [-0.1, -0.05) is 29.8 Å². The lowest BCUT2D eigenvalue weighted by atomic mass is 10.2. The van der Waals surface area contributed by atoms with Crippen molar-refractivity contribution in [3.05, 3.63) is 71.1 Å². The van der Waals surface area contributed by atoms with Gasteiger partial charge >= 0.3 is 0 Å². The number of nitrogens with zero attached hydrogens (tertiary/aromatic N) is 4. The summed E-state index contributed by atoms with van der Waals surface area (Å²) in [5.41, 5.74) is 3.19. The first-order chi connectivity index (χ1) is 12.2. The average molecular weight is 484 g/mol. The van der Waals surface area contributed by atoms with E-state index in [9.17, 15) is 0 Å². The second-order valence-corrected chi connectivity index (χ2v) is 6.34. The minimum absolute atomic E-state index is 0. The summed E-state index contributed by atoms with van der Waals surface area (Å²) in [7, 11) is 3.81. The summed E-state index contributed by atoms with van der Waals surface area (Å²) in [6.07, 6.45) is 4.91. The van der Waals surface area contributed by atoms with Gasteiger partial charge in [0.2, 0.25) is 0 Å². The molecule has 0 amide bonds. The van der Waals surface area contributed by atoms with Crippen molar-refractivity contribution in [1.29, 1.82) is 0 Å². The summed E-state index contributed by atoms with van der Waals surface area (Å²) in [5.74, 6) is 0.851. The van der Waals surface area contributed by atoms with Gasteiger partial charge in [0.05, 0.1) is 5.69 Å². The first-order valence-electron chi connectivity index (χ1n) is 8.24. The topological polar surface area (TPSA) is 44.9 Å². The third-order valence-corrected chi connectivity index (χ3v) is 4.20. The third-order valence-electron chi connectivity index (χ3n) is 3.96. The van der Waals surface area contributed by atoms with Crippen LogP contribution in [0.1, 0.15) is 11.3 Å². The van der Waals surface area contributed by atoms with Crippen molar-refractivity contribution < 1.29 is 0 Å². The minimum Gasteiger partial charge on any atom is -0.356 e. The van der Waals surface area contributed by atoms with Gasteiger partial charge < -0.3 is 14.6 Å². The van der Waals surface area contributed by atoms with E-state index in [1.807, 2.05) is 54.0 Å². The Labute approximate surface area is 176 Å². The summed E-state index contributed by atoms with van der Waals surface area (Å²) >= 11 is 6.05. The number of fused-ring (bicyclic) bond motifs is 1. The van der Waals surface area contributed by atoms with Crippen molar-refractivity contribution in [3.63, 3.8) is 0 Å². The Morgan fingerprint density at radius 2 is 2.12 bits per heavy atom. The van der Waals surface area contributed by atoms with Crippen LogP contribution in [0.15, 0.2) is 59.9 Å². The standard InChI is InChI=1S/C19H22ClN5.HI/c1-21-19(24(2)13-15-6-5-7-16(20)12-15)22-10-9-17-14-25-11-4-3-8-18(25)23-17;/h3-8,11-12,14H,9-10,13H2,1-2H3,(H,21,22);1H. The third kappa shape index (κ3) is 5.35. The zero-order chi connectivity index (χ0) is 17.6. The van der Waals surface area contributed by atoms with Gasteiger partial charge in [0.25, 0.3) is 0 Å². The summed E-state index contributed by atoms with van der Waals surface area (Å²) in [6, 6.07) is 13.9. The van der Waals surface area contributed by atoms with Gasteiger partial charge in [-0.05, 0) is 29.8 Å². The van der Waals surface area contributed by atoms with Gasteiger partial charge in [-0.3, -0.25) is 4.99 Å². The van der Waals surface area contributed by atoms with E-state index in [2.05, 4.69) is 32.5 Å². The van der Waals surface area contributed by atoms with Crippen molar-refractivity contribution in [2.24, 2.45) is 4.99 Å². The van der Waals surface area contributed by atoms with Crippen molar-refractivity contribution in [1.82, 2.24) is 19.6 Å². The highest BCUT2D eigenvalue weighted by molar-refractivity contribution is 14.0. The Balaban J connectivity index is 0.00000243. The molecule has 7 heteroatoms. The number of benzene rings is 1. The maximum atomic E-state index is 6.05. The lowest BCUT2D eigenvalue weighted by Gasteiger charge is -2.22. The highest BCUT2D eigenvalue weighted by Gasteiger charge is 2.07. The van der Waals surface area contributed by atoms with E-state index in [0.29, 0.717) is 0 Å². The number of guanidine groups is 1. The van der Waals surface area contributed by atoms with E-state index < -0.39 is 0 Å². The fraction of sp³-hybridized carbons (Fsp3) is 0.263. The SMILES string of the molecule is CN=C(NCCc1cn2ccccc2n1)N(C)Cc1cccc(Cl)c1.I. The molecule has 0 spiro atoms. The summed E-state index contributed by atoms with van der Waals surface area (Å²) < 4.78 is 2.04. The molecule has 0 saturated carbocycles. The summed E-state index contributed by atoms with van der Waals surface area (Å²) in [4.78, 5) is 11.0. The molecule has 3 aromatic rings. The van der Waals surface area contributed by atoms with Crippen LogP contribution < -0.4 is 5.32 Å². The van der Waals surface area contributed by atoms with Crippen LogP contribution in [0.5, 0.6) is 0 Å². The maximum absolute atomic E-state index is 6.05. The molecular formula is C19H23ClIN5. The predicted molar refractivity (Wildman–Crippen MR) is 119 cm³/mol. The van der Waals surface area contributed by atoms with Crippen LogP contribution in [0.2, 0.25) is 5.02 Å². The van der Waals surface area contributed by atoms with Crippen LogP contribution in [0, 0.1) is 0 Å². The molecule has 0 saturated heterocycles. The molecule has 0 atom stereocenters. The van der Waals surface area contributed by atoms with E-state index in [4.69, 9.17) is 11.6 Å². The molecule has 5 nitrogen and oxygen atoms in total. The number of hydrogen-bond acceptors (Lipinski definition) is 2. The number of hydrogen-bond donors (Lipinski definition) is 1. The highest BCUT2D eigenvalue weighted by atomic mass is 127. The largest absolute Gasteiger partial charge is 0.356 e. The Hall–Kier alpha value is -1.80. The average Bonchev–Trinajstić information content (AvgIpc) is 3.01. The molecule has 2 aromatic heterocycles. The second-order valence-electron chi connectivity index (χ2n) is 5.91. The quantitative estimate of drug-likeness (QED) is 0.341. The maximum Gasteiger partial charge on any atom is 0.193 e. The van der Waals surface area contributed by atoms with Gasteiger partial charge in [-0.2, -0.15) is 0 Å². The van der Waals surface area contributed by atoms with Crippen molar-refractivity contribution in [2.75, 3.05) is 20.6 Å². The van der Waals surface area contributed by atoms with Crippen LogP contribution >= 0.6 is 35.6 Å². The zero-order valence-corrected chi connectivity index (χ0v) is 18.0. The molecule has 0 aliphatic heterocycles. The minimum atomic E-state index is 0. The van der Waals surface area contributed by atoms with Gasteiger partial charge in [0, 0.05) is 51.0 Å². The van der Waals surface area contributed by atoms with E-state index in [1.165, 1.54) is 0 Å². The smallest absolute Gasteiger partial charge is 0.193 e. The number of aliphatic imine (C=N–C) groups is 1. The molecule has 26 heavy (non-hydrogen) atoms. The van der Waals surface area contributed by atoms with Gasteiger partial charge in [-0.25, -0.2) is 4.98 Å². The molecule has 0 unspecified atom stereocenters. The number of nitrogens with one attached hydrogen (secondary N) is 1. The molecule has 138 valence electrons. The van der Waals surface area contributed by atoms with Gasteiger partial charge in [0.1, 0.15) is 5.65 Å². The van der Waals surface area contributed by atoms with E-state index in [1.54, 1.807) is 7.05 Å². The van der Waals surface area contributed by atoms with Crippen molar-refractivity contribution in [3.8, 4) is 0 Å². The number of halogens is 2. The van der Waals surface area contributed by atoms with E-state index >= 15 is 0 Å². The monoisotopic (exact) mass is 483 g/mol. The Kier molecular flexibility index (Phi) is 7.71. The number of pyridine rings is 1. The van der Waals surface area contributed by atoms with Crippen LogP contribution in [0.25, 0.3) is 5.65 Å². The molecule has 2 heterocycles. The molecule has 0 aliphatic carbocycles. The van der Waals surface area contributed by atoms with Crippen LogP contribution in [0.3, 0.4) is 0 Å². The van der Waals surface area contributed by atoms with Crippen LogP contribution in [0.4, 0.5) is 0 Å². The summed E-state index contributed by atoms with van der Waals surface area (Å²) in [6.45, 7) is 1.52. The molecule has 0 fully saturated rings. The van der Waals surface area contributed by atoms with Crippen molar-refractivity contribution >= 4 is 47.2 Å². The Morgan fingerprint density at radius 3 is 2.85 bits per heavy atom. The zero-order valence-electron chi connectivity index (χ0n) is 14.9. The van der Waals surface area contributed by atoms with E-state index in [-0.39, 0.29) is 24.0 Å². The molecule has 0 bridgehead atoms. The predicted octanol–water partition coefficient (Wildman–Crippen LogP) is 3.86. The van der Waals surface area contributed by atoms with Gasteiger partial charge in [-0.15, -0.1) is 24.0 Å². The van der Waals surface area contributed by atoms with Gasteiger partial charge in [0.15, 0.2) is 5.96 Å². The molecule has 1 N–H and O–H groups in total. The van der Waals surface area contributed by atoms with Crippen molar-refractivity contribution in [2.45, 2.75) is 13.0 Å². The second kappa shape index (κ2) is 9.78. The molecule has 0 aliphatic rings. The number of imidazole rings is 1. The first kappa shape index (κ1) is 20.5. The fourth-order valence-corrected chi connectivity index (χ4v) is 2.99. The van der Waals surface area contributed by atoms with Crippen LogP contribution in [-0.2, 0) is 13.0 Å². The lowest BCUT2D eigenvalue weighted by Crippen LogP contribution is -2.39. The Morgan fingerprint density at radius 1 is 1.27 bits per heavy atom. The lowest BCUT2D eigenvalue weighted by molar-refractivity contribution is 0.477. The highest BCUT2D eigenvalue weighted by Crippen LogP contribution is 2.12.